The van der Waals surface area contributed by atoms with Crippen LogP contribution in [0.25, 0.3) is 0 Å². The summed E-state index contributed by atoms with van der Waals surface area (Å²) in [5.74, 6) is 0. The molecule has 5 heteroatoms. The molecule has 0 saturated heterocycles. The van der Waals surface area contributed by atoms with Gasteiger partial charge in [0.15, 0.2) is 0 Å². The number of rotatable bonds is 2. The highest BCUT2D eigenvalue weighted by Crippen LogP contribution is 2.17. The van der Waals surface area contributed by atoms with Gasteiger partial charge in [0.2, 0.25) is 0 Å². The van der Waals surface area contributed by atoms with E-state index in [4.69, 9.17) is 0 Å². The normalized spacial score (nSPS) is 15.8. The van der Waals surface area contributed by atoms with Gasteiger partial charge in [-0.2, -0.15) is 5.10 Å². The van der Waals surface area contributed by atoms with Crippen LogP contribution in [-0.2, 0) is 26.6 Å². The lowest BCUT2D eigenvalue weighted by molar-refractivity contribution is 0.241. The molecule has 0 aliphatic carbocycles. The van der Waals surface area contributed by atoms with E-state index in [0.29, 0.717) is 0 Å². The SMILES string of the molecule is Cn1cc(CN2CCc3cncnc3C2)cn1. The number of aryl methyl sites for hydroxylation is 1. The highest BCUT2D eigenvalue weighted by atomic mass is 15.2. The maximum absolute atomic E-state index is 4.34. The zero-order chi connectivity index (χ0) is 11.7. The summed E-state index contributed by atoms with van der Waals surface area (Å²) in [5.41, 5.74) is 3.70. The van der Waals surface area contributed by atoms with Gasteiger partial charge in [-0.05, 0) is 12.0 Å². The van der Waals surface area contributed by atoms with Crippen molar-refractivity contribution in [3.63, 3.8) is 0 Å². The van der Waals surface area contributed by atoms with E-state index in [-0.39, 0.29) is 0 Å². The van der Waals surface area contributed by atoms with Crippen molar-refractivity contribution in [2.75, 3.05) is 6.54 Å². The van der Waals surface area contributed by atoms with Crippen LogP contribution in [-0.4, -0.2) is 31.2 Å². The first-order valence-corrected chi connectivity index (χ1v) is 5.79. The highest BCUT2D eigenvalue weighted by Gasteiger charge is 2.17. The van der Waals surface area contributed by atoms with Gasteiger partial charge in [-0.15, -0.1) is 0 Å². The molecule has 0 saturated carbocycles. The molecule has 0 N–H and O–H groups in total. The molecule has 0 spiro atoms. The molecule has 0 aromatic carbocycles. The first kappa shape index (κ1) is 10.4. The van der Waals surface area contributed by atoms with Crippen LogP contribution in [0.1, 0.15) is 16.8 Å². The van der Waals surface area contributed by atoms with Crippen molar-refractivity contribution in [2.24, 2.45) is 7.05 Å². The van der Waals surface area contributed by atoms with Gasteiger partial charge in [0.25, 0.3) is 0 Å². The van der Waals surface area contributed by atoms with Crippen LogP contribution >= 0.6 is 0 Å². The molecule has 0 radical (unpaired) electrons. The third-order valence-electron chi connectivity index (χ3n) is 3.12. The van der Waals surface area contributed by atoms with Crippen LogP contribution in [0.4, 0.5) is 0 Å². The smallest absolute Gasteiger partial charge is 0.115 e. The Kier molecular flexibility index (Phi) is 2.60. The zero-order valence-electron chi connectivity index (χ0n) is 9.87. The summed E-state index contributed by atoms with van der Waals surface area (Å²) in [7, 11) is 1.95. The molecule has 0 bridgehead atoms. The van der Waals surface area contributed by atoms with E-state index in [2.05, 4.69) is 26.2 Å². The molecule has 0 atom stereocenters. The predicted molar refractivity (Wildman–Crippen MR) is 63.1 cm³/mol. The molecule has 0 amide bonds. The van der Waals surface area contributed by atoms with Gasteiger partial charge in [0.05, 0.1) is 11.9 Å². The fourth-order valence-electron chi connectivity index (χ4n) is 2.25. The molecule has 17 heavy (non-hydrogen) atoms. The fraction of sp³-hybridized carbons (Fsp3) is 0.417. The Bertz CT molecular complexity index is 519. The molecule has 2 aromatic heterocycles. The van der Waals surface area contributed by atoms with Crippen molar-refractivity contribution < 1.29 is 0 Å². The number of fused-ring (bicyclic) bond motifs is 1. The Labute approximate surface area is 100 Å². The molecule has 1 aliphatic rings. The molecular weight excluding hydrogens is 214 g/mol. The molecule has 2 aromatic rings. The second-order valence-corrected chi connectivity index (χ2v) is 4.48. The van der Waals surface area contributed by atoms with Crippen LogP contribution in [0.3, 0.4) is 0 Å². The van der Waals surface area contributed by atoms with Crippen molar-refractivity contribution in [1.82, 2.24) is 24.6 Å². The average Bonchev–Trinajstić information content (AvgIpc) is 2.75. The summed E-state index contributed by atoms with van der Waals surface area (Å²) >= 11 is 0. The topological polar surface area (TPSA) is 46.8 Å². The summed E-state index contributed by atoms with van der Waals surface area (Å²) in [4.78, 5) is 10.8. The van der Waals surface area contributed by atoms with E-state index in [0.717, 1.165) is 31.7 Å². The maximum Gasteiger partial charge on any atom is 0.115 e. The molecule has 1 aliphatic heterocycles. The lowest BCUT2D eigenvalue weighted by Crippen LogP contribution is -2.30. The van der Waals surface area contributed by atoms with Gasteiger partial charge < -0.3 is 0 Å². The second kappa shape index (κ2) is 4.25. The number of nitrogens with zero attached hydrogens (tertiary/aromatic N) is 5. The number of hydrogen-bond donors (Lipinski definition) is 0. The van der Waals surface area contributed by atoms with Gasteiger partial charge in [0.1, 0.15) is 6.33 Å². The van der Waals surface area contributed by atoms with Crippen LogP contribution < -0.4 is 0 Å². The monoisotopic (exact) mass is 229 g/mol. The van der Waals surface area contributed by atoms with Crippen LogP contribution in [0.15, 0.2) is 24.9 Å². The third-order valence-corrected chi connectivity index (χ3v) is 3.12. The van der Waals surface area contributed by atoms with Gasteiger partial charge in [0, 0.05) is 44.6 Å². The first-order chi connectivity index (χ1) is 8.31. The van der Waals surface area contributed by atoms with Gasteiger partial charge in [-0.25, -0.2) is 9.97 Å². The van der Waals surface area contributed by atoms with E-state index in [1.165, 1.54) is 11.1 Å². The minimum Gasteiger partial charge on any atom is -0.293 e. The minimum atomic E-state index is 0.909. The Morgan fingerprint density at radius 2 is 2.29 bits per heavy atom. The van der Waals surface area contributed by atoms with Crippen LogP contribution in [0.2, 0.25) is 0 Å². The molecule has 0 unspecified atom stereocenters. The number of aromatic nitrogens is 4. The second-order valence-electron chi connectivity index (χ2n) is 4.48. The molecular formula is C12H15N5. The quantitative estimate of drug-likeness (QED) is 0.763. The summed E-state index contributed by atoms with van der Waals surface area (Å²) in [6.07, 6.45) is 8.59. The maximum atomic E-state index is 4.34. The molecule has 5 nitrogen and oxygen atoms in total. The van der Waals surface area contributed by atoms with Crippen molar-refractivity contribution >= 4 is 0 Å². The number of hydrogen-bond acceptors (Lipinski definition) is 4. The summed E-state index contributed by atoms with van der Waals surface area (Å²) in [5, 5.41) is 4.19. The van der Waals surface area contributed by atoms with Gasteiger partial charge >= 0.3 is 0 Å². The van der Waals surface area contributed by atoms with Crippen molar-refractivity contribution in [2.45, 2.75) is 19.5 Å². The predicted octanol–water partition coefficient (Wildman–Crippen LogP) is 0.768. The molecule has 0 fully saturated rings. The van der Waals surface area contributed by atoms with E-state index < -0.39 is 0 Å². The van der Waals surface area contributed by atoms with E-state index in [1.54, 1.807) is 6.33 Å². The Morgan fingerprint density at radius 3 is 3.12 bits per heavy atom. The lowest BCUT2D eigenvalue weighted by Gasteiger charge is -2.26. The Morgan fingerprint density at radius 1 is 1.35 bits per heavy atom. The minimum absolute atomic E-state index is 0.909. The average molecular weight is 229 g/mol. The van der Waals surface area contributed by atoms with Crippen molar-refractivity contribution in [1.29, 1.82) is 0 Å². The van der Waals surface area contributed by atoms with E-state index >= 15 is 0 Å². The van der Waals surface area contributed by atoms with Gasteiger partial charge in [-0.1, -0.05) is 0 Å². The highest BCUT2D eigenvalue weighted by molar-refractivity contribution is 5.19. The van der Waals surface area contributed by atoms with Crippen molar-refractivity contribution in [3.05, 3.63) is 41.7 Å². The van der Waals surface area contributed by atoms with Crippen LogP contribution in [0.5, 0.6) is 0 Å². The summed E-state index contributed by atoms with van der Waals surface area (Å²) in [6, 6.07) is 0. The Hall–Kier alpha value is -1.75. The molecule has 3 rings (SSSR count). The largest absolute Gasteiger partial charge is 0.293 e. The summed E-state index contributed by atoms with van der Waals surface area (Å²) < 4.78 is 1.84. The first-order valence-electron chi connectivity index (χ1n) is 5.79. The van der Waals surface area contributed by atoms with E-state index in [1.807, 2.05) is 24.1 Å². The van der Waals surface area contributed by atoms with Gasteiger partial charge in [-0.3, -0.25) is 9.58 Å². The fourth-order valence-corrected chi connectivity index (χ4v) is 2.25. The van der Waals surface area contributed by atoms with Crippen molar-refractivity contribution in [3.8, 4) is 0 Å². The molecule has 3 heterocycles. The standard InChI is InChI=1S/C12H15N5/c1-16-6-10(4-15-16)7-17-3-2-11-5-13-9-14-12(11)8-17/h4-6,9H,2-3,7-8H2,1H3. The molecule has 88 valence electrons. The van der Waals surface area contributed by atoms with Crippen LogP contribution in [0, 0.1) is 0 Å². The van der Waals surface area contributed by atoms with E-state index in [9.17, 15) is 0 Å². The zero-order valence-corrected chi connectivity index (χ0v) is 9.87. The lowest BCUT2D eigenvalue weighted by atomic mass is 10.1. The third kappa shape index (κ3) is 2.19. The summed E-state index contributed by atoms with van der Waals surface area (Å²) in [6.45, 7) is 2.92. The Balaban J connectivity index is 1.72.